The average molecular weight is 255 g/mol. The van der Waals surface area contributed by atoms with Gasteiger partial charge in [-0.3, -0.25) is 4.79 Å². The highest BCUT2D eigenvalue weighted by atomic mass is 19.1. The Bertz CT molecular complexity index is 647. The maximum atomic E-state index is 13.6. The molecule has 0 N–H and O–H groups in total. The summed E-state index contributed by atoms with van der Waals surface area (Å²) < 4.78 is 19.0. The fraction of sp³-hybridized carbons (Fsp3) is 0.0667. The molecule has 0 fully saturated rings. The number of hydrogen-bond acceptors (Lipinski definition) is 3. The molecular formula is C15H10FNO2. The van der Waals surface area contributed by atoms with Crippen LogP contribution in [0.3, 0.4) is 0 Å². The minimum Gasteiger partial charge on any atom is -0.488 e. The van der Waals surface area contributed by atoms with Crippen LogP contribution in [-0.4, -0.2) is 6.29 Å². The molecule has 0 amide bonds. The molecule has 0 unspecified atom stereocenters. The van der Waals surface area contributed by atoms with Crippen molar-refractivity contribution in [2.75, 3.05) is 0 Å². The van der Waals surface area contributed by atoms with Crippen LogP contribution in [0.4, 0.5) is 4.39 Å². The zero-order valence-electron chi connectivity index (χ0n) is 9.97. The Morgan fingerprint density at radius 1 is 1.26 bits per heavy atom. The maximum absolute atomic E-state index is 13.6. The van der Waals surface area contributed by atoms with Gasteiger partial charge in [0.15, 0.2) is 6.29 Å². The van der Waals surface area contributed by atoms with E-state index in [4.69, 9.17) is 10.00 Å². The molecule has 0 saturated heterocycles. The summed E-state index contributed by atoms with van der Waals surface area (Å²) in [4.78, 5) is 10.8. The van der Waals surface area contributed by atoms with E-state index in [1.807, 2.05) is 6.07 Å². The highest BCUT2D eigenvalue weighted by Crippen LogP contribution is 2.18. The lowest BCUT2D eigenvalue weighted by atomic mass is 10.1. The Morgan fingerprint density at radius 3 is 2.74 bits per heavy atom. The lowest BCUT2D eigenvalue weighted by molar-refractivity contribution is 0.111. The zero-order chi connectivity index (χ0) is 13.7. The first-order chi connectivity index (χ1) is 9.24. The summed E-state index contributed by atoms with van der Waals surface area (Å²) in [5, 5.41) is 8.64. The van der Waals surface area contributed by atoms with Gasteiger partial charge in [0.1, 0.15) is 18.2 Å². The van der Waals surface area contributed by atoms with Gasteiger partial charge in [-0.2, -0.15) is 5.26 Å². The Kier molecular flexibility index (Phi) is 3.89. The number of para-hydroxylation sites is 1. The molecule has 0 radical (unpaired) electrons. The van der Waals surface area contributed by atoms with Crippen molar-refractivity contribution < 1.29 is 13.9 Å². The second-order valence-corrected chi connectivity index (χ2v) is 3.86. The minimum absolute atomic E-state index is 0.00238. The van der Waals surface area contributed by atoms with Crippen LogP contribution in [0.15, 0.2) is 42.5 Å². The van der Waals surface area contributed by atoms with Gasteiger partial charge in [0, 0.05) is 5.56 Å². The van der Waals surface area contributed by atoms with Crippen LogP contribution in [0.5, 0.6) is 5.75 Å². The number of ether oxygens (including phenoxy) is 1. The molecule has 0 heterocycles. The Balaban J connectivity index is 2.15. The van der Waals surface area contributed by atoms with Crippen LogP contribution in [0, 0.1) is 17.1 Å². The lowest BCUT2D eigenvalue weighted by Crippen LogP contribution is -2.00. The van der Waals surface area contributed by atoms with Crippen molar-refractivity contribution in [1.82, 2.24) is 0 Å². The molecule has 2 aromatic carbocycles. The first-order valence-corrected chi connectivity index (χ1v) is 5.60. The summed E-state index contributed by atoms with van der Waals surface area (Å²) in [5.74, 6) is -0.0936. The first kappa shape index (κ1) is 12.8. The Morgan fingerprint density at radius 2 is 2.05 bits per heavy atom. The quantitative estimate of drug-likeness (QED) is 0.789. The summed E-state index contributed by atoms with van der Waals surface area (Å²) >= 11 is 0. The normalized spacial score (nSPS) is 9.68. The summed E-state index contributed by atoms with van der Waals surface area (Å²) in [6.45, 7) is 0.00238. The van der Waals surface area contributed by atoms with Gasteiger partial charge in [-0.15, -0.1) is 0 Å². The monoisotopic (exact) mass is 255 g/mol. The van der Waals surface area contributed by atoms with E-state index in [1.165, 1.54) is 12.1 Å². The summed E-state index contributed by atoms with van der Waals surface area (Å²) in [6.07, 6.45) is 0.685. The number of rotatable bonds is 4. The van der Waals surface area contributed by atoms with E-state index in [9.17, 15) is 9.18 Å². The molecule has 0 saturated carbocycles. The lowest BCUT2D eigenvalue weighted by Gasteiger charge is -2.09. The van der Waals surface area contributed by atoms with Crippen molar-refractivity contribution in [3.05, 3.63) is 65.0 Å². The van der Waals surface area contributed by atoms with Crippen molar-refractivity contribution in [3.63, 3.8) is 0 Å². The molecule has 4 heteroatoms. The molecule has 19 heavy (non-hydrogen) atoms. The smallest absolute Gasteiger partial charge is 0.153 e. The van der Waals surface area contributed by atoms with Crippen molar-refractivity contribution in [2.45, 2.75) is 6.61 Å². The van der Waals surface area contributed by atoms with Gasteiger partial charge in [0.25, 0.3) is 0 Å². The highest BCUT2D eigenvalue weighted by Gasteiger charge is 2.06. The molecular weight excluding hydrogens is 245 g/mol. The van der Waals surface area contributed by atoms with E-state index in [-0.39, 0.29) is 12.2 Å². The van der Waals surface area contributed by atoms with Gasteiger partial charge < -0.3 is 4.74 Å². The molecule has 0 bridgehead atoms. The van der Waals surface area contributed by atoms with Crippen LogP contribution >= 0.6 is 0 Å². The van der Waals surface area contributed by atoms with Gasteiger partial charge in [0.2, 0.25) is 0 Å². The topological polar surface area (TPSA) is 50.1 Å². The maximum Gasteiger partial charge on any atom is 0.153 e. The minimum atomic E-state index is -0.498. The average Bonchev–Trinajstić information content (AvgIpc) is 2.46. The van der Waals surface area contributed by atoms with Crippen LogP contribution in [0.25, 0.3) is 0 Å². The molecule has 0 aliphatic carbocycles. The third-order valence-corrected chi connectivity index (χ3v) is 2.61. The molecule has 0 spiro atoms. The van der Waals surface area contributed by atoms with Crippen LogP contribution in [0.1, 0.15) is 21.5 Å². The molecule has 94 valence electrons. The molecule has 3 nitrogen and oxygen atoms in total. The number of nitriles is 1. The summed E-state index contributed by atoms with van der Waals surface area (Å²) in [5.41, 5.74) is 1.01. The highest BCUT2D eigenvalue weighted by molar-refractivity contribution is 5.79. The predicted octanol–water partition coefficient (Wildman–Crippen LogP) is 3.09. The van der Waals surface area contributed by atoms with Crippen LogP contribution in [-0.2, 0) is 6.61 Å². The van der Waals surface area contributed by atoms with E-state index >= 15 is 0 Å². The third-order valence-electron chi connectivity index (χ3n) is 2.61. The van der Waals surface area contributed by atoms with Gasteiger partial charge >= 0.3 is 0 Å². The van der Waals surface area contributed by atoms with Crippen molar-refractivity contribution in [3.8, 4) is 11.8 Å². The molecule has 0 aliphatic rings. The number of carbonyl (C=O) groups excluding carboxylic acids is 1. The van der Waals surface area contributed by atoms with Gasteiger partial charge in [-0.05, 0) is 24.3 Å². The van der Waals surface area contributed by atoms with Gasteiger partial charge in [-0.1, -0.05) is 18.2 Å². The third kappa shape index (κ3) is 2.96. The first-order valence-electron chi connectivity index (χ1n) is 5.60. The standard InChI is InChI=1S/C15H10FNO2/c16-14-7-11(8-17)5-6-13(14)10-19-15-4-2-1-3-12(15)9-18/h1-7,9H,10H2. The fourth-order valence-corrected chi connectivity index (χ4v) is 1.60. The number of aldehydes is 1. The van der Waals surface area contributed by atoms with E-state index < -0.39 is 5.82 Å². The molecule has 0 aliphatic heterocycles. The number of hydrogen-bond donors (Lipinski definition) is 0. The fourth-order valence-electron chi connectivity index (χ4n) is 1.60. The number of benzene rings is 2. The number of carbonyl (C=O) groups is 1. The molecule has 2 rings (SSSR count). The second kappa shape index (κ2) is 5.78. The van der Waals surface area contributed by atoms with Gasteiger partial charge in [-0.25, -0.2) is 4.39 Å². The predicted molar refractivity (Wildman–Crippen MR) is 67.3 cm³/mol. The van der Waals surface area contributed by atoms with E-state index in [0.717, 1.165) is 6.07 Å². The summed E-state index contributed by atoms with van der Waals surface area (Å²) in [7, 11) is 0. The zero-order valence-corrected chi connectivity index (χ0v) is 9.97. The molecule has 0 atom stereocenters. The Hall–Kier alpha value is -2.67. The van der Waals surface area contributed by atoms with Crippen molar-refractivity contribution >= 4 is 6.29 Å². The van der Waals surface area contributed by atoms with E-state index in [1.54, 1.807) is 24.3 Å². The van der Waals surface area contributed by atoms with Crippen molar-refractivity contribution in [2.24, 2.45) is 0 Å². The van der Waals surface area contributed by atoms with Crippen LogP contribution < -0.4 is 4.74 Å². The van der Waals surface area contributed by atoms with Gasteiger partial charge in [0.05, 0.1) is 17.2 Å². The van der Waals surface area contributed by atoms with Crippen molar-refractivity contribution in [1.29, 1.82) is 5.26 Å². The number of halogens is 1. The SMILES string of the molecule is N#Cc1ccc(COc2ccccc2C=O)c(F)c1. The summed E-state index contributed by atoms with van der Waals surface area (Å²) in [6, 6.07) is 12.8. The van der Waals surface area contributed by atoms with E-state index in [2.05, 4.69) is 0 Å². The largest absolute Gasteiger partial charge is 0.488 e. The molecule has 2 aromatic rings. The second-order valence-electron chi connectivity index (χ2n) is 3.86. The van der Waals surface area contributed by atoms with E-state index in [0.29, 0.717) is 23.2 Å². The number of nitrogens with zero attached hydrogens (tertiary/aromatic N) is 1. The Labute approximate surface area is 109 Å². The molecule has 0 aromatic heterocycles. The van der Waals surface area contributed by atoms with Crippen LogP contribution in [0.2, 0.25) is 0 Å².